The number of nitrogens with zero attached hydrogens (tertiary/aromatic N) is 1. The Hall–Kier alpha value is -3.48. The number of imide groups is 1. The van der Waals surface area contributed by atoms with Crippen molar-refractivity contribution < 1.29 is 23.9 Å². The molecule has 1 aliphatic rings. The smallest absolute Gasteiger partial charge is 0.307 e. The molecule has 1 N–H and O–H groups in total. The third kappa shape index (κ3) is 5.17. The third-order valence-electron chi connectivity index (χ3n) is 5.08. The molecule has 0 aromatic heterocycles. The van der Waals surface area contributed by atoms with Gasteiger partial charge in [0.2, 0.25) is 0 Å². The highest BCUT2D eigenvalue weighted by atomic mass is 16.5. The van der Waals surface area contributed by atoms with Crippen molar-refractivity contribution in [1.29, 1.82) is 0 Å². The van der Waals surface area contributed by atoms with Gasteiger partial charge in [0, 0.05) is 12.1 Å². The second-order valence-corrected chi connectivity index (χ2v) is 8.36. The van der Waals surface area contributed by atoms with Gasteiger partial charge in [-0.2, -0.15) is 0 Å². The van der Waals surface area contributed by atoms with Crippen molar-refractivity contribution in [2.24, 2.45) is 0 Å². The molecule has 0 atom stereocenters. The van der Waals surface area contributed by atoms with Crippen LogP contribution in [0.3, 0.4) is 0 Å². The number of rotatable bonds is 7. The fraction of sp³-hybridized carbons (Fsp3) is 0.333. The van der Waals surface area contributed by atoms with Crippen LogP contribution in [0.5, 0.6) is 0 Å². The zero-order valence-corrected chi connectivity index (χ0v) is 17.9. The first-order valence-electron chi connectivity index (χ1n) is 10.2. The number of hydrogen-bond donors (Lipinski definition) is 1. The molecular weight excluding hydrogens is 396 g/mol. The van der Waals surface area contributed by atoms with Crippen LogP contribution < -0.4 is 5.32 Å². The number of carbonyl (C=O) groups excluding carboxylic acids is 4. The first-order valence-corrected chi connectivity index (χ1v) is 10.2. The monoisotopic (exact) mass is 422 g/mol. The Morgan fingerprint density at radius 3 is 2.06 bits per heavy atom. The highest BCUT2D eigenvalue weighted by Gasteiger charge is 2.34. The first-order chi connectivity index (χ1) is 14.7. The lowest BCUT2D eigenvalue weighted by Crippen LogP contribution is -2.33. The minimum Gasteiger partial charge on any atom is -0.464 e. The van der Waals surface area contributed by atoms with E-state index in [4.69, 9.17) is 4.74 Å². The Morgan fingerprint density at radius 2 is 1.52 bits per heavy atom. The standard InChI is InChI=1S/C24H26N2O5/c1-24(2,3)17-10-8-16(9-11-17)21(28)25-13-12-20(27)31-15-14-26-22(29)18-6-4-5-7-19(18)23(26)30/h4-11H,12-15H2,1-3H3,(H,25,28). The van der Waals surface area contributed by atoms with E-state index in [2.05, 4.69) is 26.1 Å². The van der Waals surface area contributed by atoms with Crippen LogP contribution >= 0.6 is 0 Å². The van der Waals surface area contributed by atoms with E-state index < -0.39 is 5.97 Å². The molecule has 3 amide bonds. The highest BCUT2D eigenvalue weighted by Crippen LogP contribution is 2.23. The predicted octanol–water partition coefficient (Wildman–Crippen LogP) is 2.94. The molecule has 0 unspecified atom stereocenters. The fourth-order valence-electron chi connectivity index (χ4n) is 3.27. The summed E-state index contributed by atoms with van der Waals surface area (Å²) in [6.07, 6.45) is -0.00602. The summed E-state index contributed by atoms with van der Waals surface area (Å²) in [4.78, 5) is 49.7. The van der Waals surface area contributed by atoms with Gasteiger partial charge in [-0.1, -0.05) is 45.0 Å². The summed E-state index contributed by atoms with van der Waals surface area (Å²) < 4.78 is 5.10. The van der Waals surface area contributed by atoms with E-state index in [9.17, 15) is 19.2 Å². The van der Waals surface area contributed by atoms with Crippen LogP contribution in [0.2, 0.25) is 0 Å². The van der Waals surface area contributed by atoms with Crippen molar-refractivity contribution in [3.05, 3.63) is 70.8 Å². The van der Waals surface area contributed by atoms with Gasteiger partial charge in [-0.15, -0.1) is 0 Å². The average molecular weight is 422 g/mol. The van der Waals surface area contributed by atoms with Crippen LogP contribution in [-0.2, 0) is 14.9 Å². The quantitative estimate of drug-likeness (QED) is 0.547. The van der Waals surface area contributed by atoms with Gasteiger partial charge in [-0.25, -0.2) is 0 Å². The molecule has 0 aliphatic carbocycles. The maximum absolute atomic E-state index is 12.3. The topological polar surface area (TPSA) is 92.8 Å². The first kappa shape index (κ1) is 22.2. The second-order valence-electron chi connectivity index (χ2n) is 8.36. The van der Waals surface area contributed by atoms with E-state index in [1.54, 1.807) is 36.4 Å². The Kier molecular flexibility index (Phi) is 6.53. The Balaban J connectivity index is 1.39. The number of amides is 3. The molecule has 162 valence electrons. The largest absolute Gasteiger partial charge is 0.464 e. The van der Waals surface area contributed by atoms with Crippen molar-refractivity contribution in [2.45, 2.75) is 32.6 Å². The van der Waals surface area contributed by atoms with Crippen LogP contribution in [0.1, 0.15) is 63.8 Å². The summed E-state index contributed by atoms with van der Waals surface area (Å²) in [6.45, 7) is 6.33. The van der Waals surface area contributed by atoms with Crippen molar-refractivity contribution >= 4 is 23.7 Å². The number of nitrogens with one attached hydrogen (secondary N) is 1. The Labute approximate surface area is 181 Å². The van der Waals surface area contributed by atoms with Crippen LogP contribution in [0.4, 0.5) is 0 Å². The van der Waals surface area contributed by atoms with Crippen molar-refractivity contribution in [1.82, 2.24) is 10.2 Å². The average Bonchev–Trinajstić information content (AvgIpc) is 2.98. The van der Waals surface area contributed by atoms with Crippen LogP contribution in [0, 0.1) is 0 Å². The van der Waals surface area contributed by atoms with E-state index in [-0.39, 0.29) is 49.3 Å². The van der Waals surface area contributed by atoms with Gasteiger partial charge in [-0.3, -0.25) is 24.1 Å². The lowest BCUT2D eigenvalue weighted by atomic mass is 9.87. The molecular formula is C24H26N2O5. The number of benzene rings is 2. The molecule has 2 aromatic rings. The van der Waals surface area contributed by atoms with Crippen LogP contribution in [-0.4, -0.2) is 48.3 Å². The number of fused-ring (bicyclic) bond motifs is 1. The minimum atomic E-state index is -0.514. The number of esters is 1. The van der Waals surface area contributed by atoms with E-state index in [1.165, 1.54) is 0 Å². The zero-order chi connectivity index (χ0) is 22.6. The molecule has 0 bridgehead atoms. The maximum Gasteiger partial charge on any atom is 0.307 e. The van der Waals surface area contributed by atoms with Gasteiger partial charge in [0.05, 0.1) is 24.1 Å². The van der Waals surface area contributed by atoms with E-state index in [0.29, 0.717) is 16.7 Å². The normalized spacial score (nSPS) is 13.2. The second kappa shape index (κ2) is 9.12. The Morgan fingerprint density at radius 1 is 0.935 bits per heavy atom. The molecule has 0 spiro atoms. The molecule has 31 heavy (non-hydrogen) atoms. The molecule has 0 radical (unpaired) electrons. The van der Waals surface area contributed by atoms with Crippen LogP contribution in [0.15, 0.2) is 48.5 Å². The summed E-state index contributed by atoms with van der Waals surface area (Å²) in [5.74, 6) is -1.55. The van der Waals surface area contributed by atoms with E-state index >= 15 is 0 Å². The van der Waals surface area contributed by atoms with Gasteiger partial charge in [-0.05, 0) is 35.2 Å². The van der Waals surface area contributed by atoms with Crippen molar-refractivity contribution in [3.8, 4) is 0 Å². The summed E-state index contributed by atoms with van der Waals surface area (Å²) >= 11 is 0. The molecule has 0 saturated heterocycles. The Bertz CT molecular complexity index is 970. The van der Waals surface area contributed by atoms with Gasteiger partial charge in [0.25, 0.3) is 17.7 Å². The molecule has 1 heterocycles. The lowest BCUT2D eigenvalue weighted by molar-refractivity contribution is -0.143. The molecule has 0 fully saturated rings. The SMILES string of the molecule is CC(C)(C)c1ccc(C(=O)NCCC(=O)OCCN2C(=O)c3ccccc3C2=O)cc1. The maximum atomic E-state index is 12.3. The molecule has 0 saturated carbocycles. The number of ether oxygens (including phenoxy) is 1. The van der Waals surface area contributed by atoms with Gasteiger partial charge >= 0.3 is 5.97 Å². The number of hydrogen-bond acceptors (Lipinski definition) is 5. The summed E-state index contributed by atoms with van der Waals surface area (Å²) in [5.41, 5.74) is 2.37. The summed E-state index contributed by atoms with van der Waals surface area (Å²) in [7, 11) is 0. The highest BCUT2D eigenvalue weighted by molar-refractivity contribution is 6.21. The van der Waals surface area contributed by atoms with Gasteiger partial charge in [0.1, 0.15) is 6.61 Å². The molecule has 3 rings (SSSR count). The third-order valence-corrected chi connectivity index (χ3v) is 5.08. The van der Waals surface area contributed by atoms with E-state index in [1.807, 2.05) is 12.1 Å². The zero-order valence-electron chi connectivity index (χ0n) is 17.9. The van der Waals surface area contributed by atoms with E-state index in [0.717, 1.165) is 10.5 Å². The molecule has 7 nitrogen and oxygen atoms in total. The van der Waals surface area contributed by atoms with Crippen molar-refractivity contribution in [2.75, 3.05) is 19.7 Å². The summed E-state index contributed by atoms with van der Waals surface area (Å²) in [6, 6.07) is 13.9. The van der Waals surface area contributed by atoms with Gasteiger partial charge < -0.3 is 10.1 Å². The molecule has 7 heteroatoms. The predicted molar refractivity (Wildman–Crippen MR) is 115 cm³/mol. The number of carbonyl (C=O) groups is 4. The molecule has 1 aliphatic heterocycles. The lowest BCUT2D eigenvalue weighted by Gasteiger charge is -2.19. The minimum absolute atomic E-state index is 0.00580. The van der Waals surface area contributed by atoms with Gasteiger partial charge in [0.15, 0.2) is 0 Å². The molecule has 2 aromatic carbocycles. The van der Waals surface area contributed by atoms with Crippen LogP contribution in [0.25, 0.3) is 0 Å². The fourth-order valence-corrected chi connectivity index (χ4v) is 3.27. The van der Waals surface area contributed by atoms with Crippen molar-refractivity contribution in [3.63, 3.8) is 0 Å². The summed E-state index contributed by atoms with van der Waals surface area (Å²) in [5, 5.41) is 2.69.